The van der Waals surface area contributed by atoms with Gasteiger partial charge in [-0.05, 0) is 37.2 Å². The van der Waals surface area contributed by atoms with E-state index in [-0.39, 0.29) is 5.02 Å². The Morgan fingerprint density at radius 2 is 1.95 bits per heavy atom. The Kier molecular flexibility index (Phi) is 5.85. The summed E-state index contributed by atoms with van der Waals surface area (Å²) in [5.74, 6) is 0.633. The fourth-order valence-electron chi connectivity index (χ4n) is 1.84. The van der Waals surface area contributed by atoms with Crippen LogP contribution in [0.15, 0.2) is 36.4 Å². The summed E-state index contributed by atoms with van der Waals surface area (Å²) >= 11 is 11.8. The summed E-state index contributed by atoms with van der Waals surface area (Å²) in [5, 5.41) is 3.92. The van der Waals surface area contributed by atoms with Gasteiger partial charge in [0, 0.05) is 23.2 Å². The molecule has 0 bridgehead atoms. The van der Waals surface area contributed by atoms with Crippen LogP contribution in [0.3, 0.4) is 0 Å². The average Bonchev–Trinajstić information content (AvgIpc) is 2.45. The van der Waals surface area contributed by atoms with Crippen LogP contribution in [-0.2, 0) is 6.54 Å². The first kappa shape index (κ1) is 16.1. The largest absolute Gasteiger partial charge is 0.457 e. The SMILES string of the molecule is CCCNCc1ccc(Cl)cc1Oc1ccc(F)c(Cl)c1. The van der Waals surface area contributed by atoms with Crippen molar-refractivity contribution in [2.24, 2.45) is 0 Å². The molecule has 0 aliphatic carbocycles. The molecule has 0 spiro atoms. The number of rotatable bonds is 6. The first-order valence-corrected chi connectivity index (χ1v) is 7.47. The zero-order valence-corrected chi connectivity index (χ0v) is 13.1. The fraction of sp³-hybridized carbons (Fsp3) is 0.250. The van der Waals surface area contributed by atoms with Gasteiger partial charge in [-0.3, -0.25) is 0 Å². The third kappa shape index (κ3) is 4.60. The monoisotopic (exact) mass is 327 g/mol. The topological polar surface area (TPSA) is 21.3 Å². The van der Waals surface area contributed by atoms with Crippen LogP contribution in [0.4, 0.5) is 4.39 Å². The molecular weight excluding hydrogens is 312 g/mol. The highest BCUT2D eigenvalue weighted by Crippen LogP contribution is 2.30. The van der Waals surface area contributed by atoms with Gasteiger partial charge in [0.1, 0.15) is 17.3 Å². The van der Waals surface area contributed by atoms with Crippen molar-refractivity contribution in [2.75, 3.05) is 6.54 Å². The first-order chi connectivity index (χ1) is 10.1. The molecule has 0 aromatic heterocycles. The van der Waals surface area contributed by atoms with E-state index in [0.29, 0.717) is 23.1 Å². The summed E-state index contributed by atoms with van der Waals surface area (Å²) in [5.41, 5.74) is 0.980. The van der Waals surface area contributed by atoms with Gasteiger partial charge in [-0.15, -0.1) is 0 Å². The number of benzene rings is 2. The van der Waals surface area contributed by atoms with Crippen LogP contribution in [0, 0.1) is 5.82 Å². The number of ether oxygens (including phenoxy) is 1. The van der Waals surface area contributed by atoms with Gasteiger partial charge in [0.25, 0.3) is 0 Å². The van der Waals surface area contributed by atoms with E-state index >= 15 is 0 Å². The van der Waals surface area contributed by atoms with Crippen LogP contribution in [0.2, 0.25) is 10.0 Å². The van der Waals surface area contributed by atoms with E-state index in [1.54, 1.807) is 6.07 Å². The minimum Gasteiger partial charge on any atom is -0.457 e. The zero-order chi connectivity index (χ0) is 15.2. The molecule has 0 fully saturated rings. The maximum atomic E-state index is 13.2. The molecule has 2 aromatic rings. The average molecular weight is 328 g/mol. The predicted octanol–water partition coefficient (Wildman–Crippen LogP) is 5.42. The minimum absolute atomic E-state index is 0.0280. The lowest BCUT2D eigenvalue weighted by Gasteiger charge is -2.12. The molecule has 0 amide bonds. The molecule has 0 saturated carbocycles. The molecule has 0 heterocycles. The highest BCUT2D eigenvalue weighted by atomic mass is 35.5. The van der Waals surface area contributed by atoms with E-state index < -0.39 is 5.82 Å². The smallest absolute Gasteiger partial charge is 0.142 e. The standard InChI is InChI=1S/C16H16Cl2FNO/c1-2-7-20-10-11-3-4-12(17)8-16(11)21-13-5-6-15(19)14(18)9-13/h3-6,8-9,20H,2,7,10H2,1H3. The van der Waals surface area contributed by atoms with Crippen molar-refractivity contribution in [3.63, 3.8) is 0 Å². The second-order valence-corrected chi connectivity index (χ2v) is 5.45. The summed E-state index contributed by atoms with van der Waals surface area (Å²) in [6.45, 7) is 3.70. The van der Waals surface area contributed by atoms with Crippen LogP contribution in [0.1, 0.15) is 18.9 Å². The fourth-order valence-corrected chi connectivity index (χ4v) is 2.17. The normalized spacial score (nSPS) is 10.7. The van der Waals surface area contributed by atoms with Crippen molar-refractivity contribution >= 4 is 23.2 Å². The number of halogens is 3. The quantitative estimate of drug-likeness (QED) is 0.715. The first-order valence-electron chi connectivity index (χ1n) is 6.72. The molecule has 5 heteroatoms. The predicted molar refractivity (Wildman–Crippen MR) is 84.9 cm³/mol. The summed E-state index contributed by atoms with van der Waals surface area (Å²) in [7, 11) is 0. The van der Waals surface area contributed by atoms with Gasteiger partial charge >= 0.3 is 0 Å². The molecule has 1 N–H and O–H groups in total. The van der Waals surface area contributed by atoms with Crippen LogP contribution in [-0.4, -0.2) is 6.54 Å². The molecule has 0 aliphatic heterocycles. The molecule has 21 heavy (non-hydrogen) atoms. The molecule has 2 nitrogen and oxygen atoms in total. The van der Waals surface area contributed by atoms with Gasteiger partial charge < -0.3 is 10.1 Å². The van der Waals surface area contributed by atoms with Crippen molar-refractivity contribution in [3.8, 4) is 11.5 Å². The Morgan fingerprint density at radius 1 is 1.14 bits per heavy atom. The van der Waals surface area contributed by atoms with Crippen molar-refractivity contribution in [3.05, 3.63) is 57.8 Å². The van der Waals surface area contributed by atoms with E-state index in [4.69, 9.17) is 27.9 Å². The van der Waals surface area contributed by atoms with Crippen LogP contribution >= 0.6 is 23.2 Å². The number of hydrogen-bond donors (Lipinski definition) is 1. The Labute approximate surface area is 133 Å². The lowest BCUT2D eigenvalue weighted by molar-refractivity contribution is 0.471. The lowest BCUT2D eigenvalue weighted by Crippen LogP contribution is -2.14. The highest BCUT2D eigenvalue weighted by Gasteiger charge is 2.08. The third-order valence-electron chi connectivity index (χ3n) is 2.89. The maximum absolute atomic E-state index is 13.2. The van der Waals surface area contributed by atoms with Gasteiger partial charge in [-0.2, -0.15) is 0 Å². The van der Waals surface area contributed by atoms with E-state index in [1.807, 2.05) is 12.1 Å². The zero-order valence-electron chi connectivity index (χ0n) is 11.6. The highest BCUT2D eigenvalue weighted by molar-refractivity contribution is 6.31. The van der Waals surface area contributed by atoms with E-state index in [2.05, 4.69) is 12.2 Å². The van der Waals surface area contributed by atoms with Crippen LogP contribution in [0.5, 0.6) is 11.5 Å². The van der Waals surface area contributed by atoms with E-state index in [9.17, 15) is 4.39 Å². The van der Waals surface area contributed by atoms with Gasteiger partial charge in [0.2, 0.25) is 0 Å². The summed E-state index contributed by atoms with van der Waals surface area (Å²) in [6.07, 6.45) is 1.05. The van der Waals surface area contributed by atoms with Gasteiger partial charge in [0.15, 0.2) is 0 Å². The molecule has 112 valence electrons. The van der Waals surface area contributed by atoms with Crippen LogP contribution in [0.25, 0.3) is 0 Å². The lowest BCUT2D eigenvalue weighted by atomic mass is 10.2. The Hall–Kier alpha value is -1.29. The van der Waals surface area contributed by atoms with Crippen molar-refractivity contribution in [1.29, 1.82) is 0 Å². The summed E-state index contributed by atoms with van der Waals surface area (Å²) < 4.78 is 18.9. The molecule has 2 aromatic carbocycles. The Morgan fingerprint density at radius 3 is 2.67 bits per heavy atom. The Balaban J connectivity index is 2.20. The van der Waals surface area contributed by atoms with E-state index in [0.717, 1.165) is 18.5 Å². The molecular formula is C16H16Cl2FNO. The van der Waals surface area contributed by atoms with Crippen molar-refractivity contribution in [2.45, 2.75) is 19.9 Å². The molecule has 0 saturated heterocycles. The number of hydrogen-bond acceptors (Lipinski definition) is 2. The van der Waals surface area contributed by atoms with Gasteiger partial charge in [-0.25, -0.2) is 4.39 Å². The Bertz CT molecular complexity index is 619. The second-order valence-electron chi connectivity index (χ2n) is 4.61. The molecule has 2 rings (SSSR count). The molecule has 0 atom stereocenters. The third-order valence-corrected chi connectivity index (χ3v) is 3.42. The molecule has 0 unspecified atom stereocenters. The maximum Gasteiger partial charge on any atom is 0.142 e. The molecule has 0 aliphatic rings. The summed E-state index contributed by atoms with van der Waals surface area (Å²) in [6, 6.07) is 9.71. The minimum atomic E-state index is -0.472. The molecule has 0 radical (unpaired) electrons. The van der Waals surface area contributed by atoms with Crippen molar-refractivity contribution < 1.29 is 9.13 Å². The summed E-state index contributed by atoms with van der Waals surface area (Å²) in [4.78, 5) is 0. The van der Waals surface area contributed by atoms with Crippen LogP contribution < -0.4 is 10.1 Å². The second kappa shape index (κ2) is 7.64. The van der Waals surface area contributed by atoms with E-state index in [1.165, 1.54) is 18.2 Å². The van der Waals surface area contributed by atoms with Gasteiger partial charge in [-0.1, -0.05) is 36.2 Å². The van der Waals surface area contributed by atoms with Crippen molar-refractivity contribution in [1.82, 2.24) is 5.32 Å². The number of nitrogens with one attached hydrogen (secondary N) is 1. The van der Waals surface area contributed by atoms with Gasteiger partial charge in [0.05, 0.1) is 5.02 Å².